The molecule has 0 fully saturated rings. The number of ketones is 1. The molecule has 0 saturated heterocycles. The third kappa shape index (κ3) is 4.18. The number of ether oxygens (including phenoxy) is 1. The minimum atomic E-state index is -0.567. The standard InChI is InChI=1S/C13H17NO4/c1-8-6-11(4-5-12(8)16)18-13(17)10(3)14-7-9(2)15/h4-6,10,14,16H,7H2,1-3H3/t10-/m0/s1. The Morgan fingerprint density at radius 3 is 2.67 bits per heavy atom. The Labute approximate surface area is 106 Å². The highest BCUT2D eigenvalue weighted by atomic mass is 16.5. The number of phenolic OH excluding ortho intramolecular Hbond substituents is 1. The number of phenols is 1. The fourth-order valence-electron chi connectivity index (χ4n) is 1.28. The second-order valence-corrected chi connectivity index (χ2v) is 4.17. The summed E-state index contributed by atoms with van der Waals surface area (Å²) in [7, 11) is 0. The predicted molar refractivity (Wildman–Crippen MR) is 66.6 cm³/mol. The average molecular weight is 251 g/mol. The van der Waals surface area contributed by atoms with Gasteiger partial charge in [0, 0.05) is 0 Å². The third-order valence-electron chi connectivity index (χ3n) is 2.40. The first kappa shape index (κ1) is 14.2. The van der Waals surface area contributed by atoms with Crippen molar-refractivity contribution in [3.05, 3.63) is 23.8 Å². The van der Waals surface area contributed by atoms with Crippen LogP contribution in [0, 0.1) is 6.92 Å². The van der Waals surface area contributed by atoms with E-state index >= 15 is 0 Å². The number of rotatable bonds is 5. The van der Waals surface area contributed by atoms with Gasteiger partial charge in [-0.05, 0) is 44.5 Å². The van der Waals surface area contributed by atoms with Crippen molar-refractivity contribution < 1.29 is 19.4 Å². The van der Waals surface area contributed by atoms with Gasteiger partial charge in [0.1, 0.15) is 23.3 Å². The normalized spacial score (nSPS) is 11.9. The van der Waals surface area contributed by atoms with Crippen LogP contribution in [0.1, 0.15) is 19.4 Å². The Balaban J connectivity index is 2.58. The number of esters is 1. The molecule has 0 amide bonds. The lowest BCUT2D eigenvalue weighted by Crippen LogP contribution is -2.39. The van der Waals surface area contributed by atoms with E-state index in [9.17, 15) is 14.7 Å². The van der Waals surface area contributed by atoms with Crippen LogP contribution in [0.25, 0.3) is 0 Å². The van der Waals surface area contributed by atoms with Crippen LogP contribution in [-0.4, -0.2) is 29.4 Å². The van der Waals surface area contributed by atoms with Gasteiger partial charge in [-0.25, -0.2) is 4.79 Å². The monoisotopic (exact) mass is 251 g/mol. The van der Waals surface area contributed by atoms with Crippen LogP contribution >= 0.6 is 0 Å². The van der Waals surface area contributed by atoms with Crippen molar-refractivity contribution in [2.24, 2.45) is 0 Å². The molecule has 1 aromatic carbocycles. The van der Waals surface area contributed by atoms with E-state index in [0.29, 0.717) is 11.3 Å². The lowest BCUT2D eigenvalue weighted by molar-refractivity contribution is -0.136. The van der Waals surface area contributed by atoms with Gasteiger partial charge in [-0.2, -0.15) is 0 Å². The minimum absolute atomic E-state index is 0.0462. The van der Waals surface area contributed by atoms with Gasteiger partial charge >= 0.3 is 5.97 Å². The number of carbonyl (C=O) groups is 2. The van der Waals surface area contributed by atoms with Crippen LogP contribution in [0.4, 0.5) is 0 Å². The molecule has 0 unspecified atom stereocenters. The molecule has 1 atom stereocenters. The van der Waals surface area contributed by atoms with E-state index in [4.69, 9.17) is 4.74 Å². The molecule has 0 aliphatic carbocycles. The van der Waals surface area contributed by atoms with E-state index in [1.54, 1.807) is 19.9 Å². The number of hydrogen-bond acceptors (Lipinski definition) is 5. The lowest BCUT2D eigenvalue weighted by atomic mass is 10.2. The molecule has 5 nitrogen and oxygen atoms in total. The second kappa shape index (κ2) is 6.16. The molecular formula is C13H17NO4. The first-order valence-corrected chi connectivity index (χ1v) is 5.64. The van der Waals surface area contributed by atoms with Crippen LogP contribution in [0.3, 0.4) is 0 Å². The van der Waals surface area contributed by atoms with Crippen LogP contribution < -0.4 is 10.1 Å². The number of nitrogens with one attached hydrogen (secondary N) is 1. The molecule has 0 saturated carbocycles. The highest BCUT2D eigenvalue weighted by molar-refractivity contribution is 5.81. The van der Waals surface area contributed by atoms with Crippen molar-refractivity contribution in [1.29, 1.82) is 0 Å². The molecule has 98 valence electrons. The van der Waals surface area contributed by atoms with Crippen LogP contribution in [0.15, 0.2) is 18.2 Å². The molecule has 1 aromatic rings. The van der Waals surface area contributed by atoms with Gasteiger partial charge in [-0.3, -0.25) is 10.1 Å². The summed E-state index contributed by atoms with van der Waals surface area (Å²) in [4.78, 5) is 22.4. The Bertz CT molecular complexity index is 456. The number of aryl methyl sites for hydroxylation is 1. The van der Waals surface area contributed by atoms with Gasteiger partial charge in [0.05, 0.1) is 6.54 Å². The maximum absolute atomic E-state index is 11.7. The van der Waals surface area contributed by atoms with Gasteiger partial charge < -0.3 is 9.84 Å². The minimum Gasteiger partial charge on any atom is -0.508 e. The summed E-state index contributed by atoms with van der Waals surface area (Å²) in [5.41, 5.74) is 0.629. The highest BCUT2D eigenvalue weighted by Crippen LogP contribution is 2.21. The lowest BCUT2D eigenvalue weighted by Gasteiger charge is -2.12. The maximum Gasteiger partial charge on any atom is 0.328 e. The van der Waals surface area contributed by atoms with E-state index in [1.807, 2.05) is 0 Å². The first-order valence-electron chi connectivity index (χ1n) is 5.64. The van der Waals surface area contributed by atoms with Gasteiger partial charge in [-0.15, -0.1) is 0 Å². The zero-order valence-corrected chi connectivity index (χ0v) is 10.7. The summed E-state index contributed by atoms with van der Waals surface area (Å²) in [6, 6.07) is 3.98. The number of benzene rings is 1. The van der Waals surface area contributed by atoms with E-state index in [0.717, 1.165) is 0 Å². The summed E-state index contributed by atoms with van der Waals surface area (Å²) in [6.07, 6.45) is 0. The summed E-state index contributed by atoms with van der Waals surface area (Å²) in [5, 5.41) is 12.1. The Morgan fingerprint density at radius 1 is 1.44 bits per heavy atom. The van der Waals surface area contributed by atoms with E-state index in [-0.39, 0.29) is 18.1 Å². The van der Waals surface area contributed by atoms with Crippen molar-refractivity contribution in [3.63, 3.8) is 0 Å². The second-order valence-electron chi connectivity index (χ2n) is 4.17. The Hall–Kier alpha value is -1.88. The molecule has 0 bridgehead atoms. The van der Waals surface area contributed by atoms with Crippen LogP contribution in [0.5, 0.6) is 11.5 Å². The van der Waals surface area contributed by atoms with Gasteiger partial charge in [-0.1, -0.05) is 0 Å². The third-order valence-corrected chi connectivity index (χ3v) is 2.40. The SMILES string of the molecule is CC(=O)CN[C@@H](C)C(=O)Oc1ccc(O)c(C)c1. The van der Waals surface area contributed by atoms with E-state index in [1.165, 1.54) is 19.1 Å². The molecule has 0 aromatic heterocycles. The number of hydrogen-bond donors (Lipinski definition) is 2. The number of aromatic hydroxyl groups is 1. The molecule has 1 rings (SSSR count). The zero-order valence-electron chi connectivity index (χ0n) is 10.7. The average Bonchev–Trinajstić information content (AvgIpc) is 2.30. The van der Waals surface area contributed by atoms with Crippen molar-refractivity contribution in [2.45, 2.75) is 26.8 Å². The summed E-state index contributed by atoms with van der Waals surface area (Å²) >= 11 is 0. The van der Waals surface area contributed by atoms with Gasteiger partial charge in [0.15, 0.2) is 0 Å². The predicted octanol–water partition coefficient (Wildman–Crippen LogP) is 1.17. The van der Waals surface area contributed by atoms with Gasteiger partial charge in [0.2, 0.25) is 0 Å². The smallest absolute Gasteiger partial charge is 0.328 e. The summed E-state index contributed by atoms with van der Waals surface area (Å²) < 4.78 is 5.12. The number of carbonyl (C=O) groups excluding carboxylic acids is 2. The van der Waals surface area contributed by atoms with E-state index < -0.39 is 12.0 Å². The first-order chi connectivity index (χ1) is 8.40. The van der Waals surface area contributed by atoms with Crippen LogP contribution in [0.2, 0.25) is 0 Å². The summed E-state index contributed by atoms with van der Waals surface area (Å²) in [6.45, 7) is 4.90. The van der Waals surface area contributed by atoms with Crippen LogP contribution in [-0.2, 0) is 9.59 Å². The molecule has 0 spiro atoms. The quantitative estimate of drug-likeness (QED) is 0.607. The fraction of sp³-hybridized carbons (Fsp3) is 0.385. The molecule has 0 heterocycles. The topological polar surface area (TPSA) is 75.6 Å². The molecule has 0 radical (unpaired) electrons. The van der Waals surface area contributed by atoms with Crippen molar-refractivity contribution in [3.8, 4) is 11.5 Å². The van der Waals surface area contributed by atoms with Crippen molar-refractivity contribution >= 4 is 11.8 Å². The largest absolute Gasteiger partial charge is 0.508 e. The molecule has 0 aliphatic rings. The van der Waals surface area contributed by atoms with Crippen molar-refractivity contribution in [1.82, 2.24) is 5.32 Å². The maximum atomic E-state index is 11.7. The molecule has 0 aliphatic heterocycles. The Kier molecular flexibility index (Phi) is 4.85. The van der Waals surface area contributed by atoms with Crippen molar-refractivity contribution in [2.75, 3.05) is 6.54 Å². The van der Waals surface area contributed by atoms with Gasteiger partial charge in [0.25, 0.3) is 0 Å². The highest BCUT2D eigenvalue weighted by Gasteiger charge is 2.15. The molecular weight excluding hydrogens is 234 g/mol. The zero-order chi connectivity index (χ0) is 13.7. The molecule has 18 heavy (non-hydrogen) atoms. The Morgan fingerprint density at radius 2 is 2.11 bits per heavy atom. The van der Waals surface area contributed by atoms with E-state index in [2.05, 4.69) is 5.32 Å². The summed E-state index contributed by atoms with van der Waals surface area (Å²) in [5.74, 6) is 0.000736. The molecule has 2 N–H and O–H groups in total. The number of Topliss-reactive ketones (excluding diaryl/α,β-unsaturated/α-hetero) is 1. The molecule has 5 heteroatoms. The fourth-order valence-corrected chi connectivity index (χ4v) is 1.28.